The van der Waals surface area contributed by atoms with Crippen LogP contribution < -0.4 is 0 Å². The number of sulfonamides is 1. The molecule has 1 fully saturated rings. The van der Waals surface area contributed by atoms with E-state index in [9.17, 15) is 8.42 Å². The van der Waals surface area contributed by atoms with E-state index >= 15 is 0 Å². The number of hydrogen-bond acceptors (Lipinski definition) is 3. The largest absolute Gasteiger partial charge is 0.284 e. The van der Waals surface area contributed by atoms with Crippen LogP contribution in [-0.4, -0.2) is 36.0 Å². The molecule has 0 bridgehead atoms. The molecule has 0 spiro atoms. The van der Waals surface area contributed by atoms with Crippen LogP contribution in [0.4, 0.5) is 0 Å². The van der Waals surface area contributed by atoms with Crippen LogP contribution in [0.5, 0.6) is 0 Å². The van der Waals surface area contributed by atoms with E-state index in [2.05, 4.69) is 17.1 Å². The maximum absolute atomic E-state index is 12.0. The lowest BCUT2D eigenvalue weighted by molar-refractivity contribution is 0.288. The van der Waals surface area contributed by atoms with Crippen LogP contribution in [0.2, 0.25) is 0 Å². The van der Waals surface area contributed by atoms with Gasteiger partial charge in [-0.1, -0.05) is 6.92 Å². The average molecular weight is 229 g/mol. The molecule has 1 aliphatic rings. The molecule has 5 nitrogen and oxygen atoms in total. The molecule has 0 saturated carbocycles. The molecule has 0 atom stereocenters. The molecule has 1 aliphatic heterocycles. The molecule has 0 radical (unpaired) electrons. The van der Waals surface area contributed by atoms with Crippen molar-refractivity contribution in [1.82, 2.24) is 14.5 Å². The summed E-state index contributed by atoms with van der Waals surface area (Å²) in [6.07, 6.45) is 4.66. The second-order valence-corrected chi connectivity index (χ2v) is 5.96. The zero-order valence-electron chi connectivity index (χ0n) is 8.68. The summed E-state index contributed by atoms with van der Waals surface area (Å²) in [5.74, 6) is 0.626. The van der Waals surface area contributed by atoms with E-state index in [0.717, 1.165) is 12.8 Å². The fourth-order valence-electron chi connectivity index (χ4n) is 1.75. The number of H-pyrrole nitrogens is 1. The molecule has 1 aromatic heterocycles. The van der Waals surface area contributed by atoms with E-state index in [0.29, 0.717) is 19.0 Å². The molecule has 15 heavy (non-hydrogen) atoms. The Morgan fingerprint density at radius 3 is 2.67 bits per heavy atom. The molecule has 1 saturated heterocycles. The SMILES string of the molecule is CC1CCN(S(=O)(=O)c2cn[nH]c2)CC1. The molecule has 0 aliphatic carbocycles. The monoisotopic (exact) mass is 229 g/mol. The summed E-state index contributed by atoms with van der Waals surface area (Å²) in [5, 5.41) is 6.20. The molecule has 0 amide bonds. The van der Waals surface area contributed by atoms with Crippen molar-refractivity contribution < 1.29 is 8.42 Å². The quantitative estimate of drug-likeness (QED) is 0.817. The van der Waals surface area contributed by atoms with Gasteiger partial charge in [0.2, 0.25) is 10.0 Å². The minimum Gasteiger partial charge on any atom is -0.284 e. The number of nitrogens with zero attached hydrogens (tertiary/aromatic N) is 2. The van der Waals surface area contributed by atoms with Gasteiger partial charge in [-0.3, -0.25) is 5.10 Å². The molecular weight excluding hydrogens is 214 g/mol. The van der Waals surface area contributed by atoms with Gasteiger partial charge in [0.1, 0.15) is 4.90 Å². The Balaban J connectivity index is 2.17. The normalized spacial score (nSPS) is 20.6. The highest BCUT2D eigenvalue weighted by Crippen LogP contribution is 2.22. The van der Waals surface area contributed by atoms with Gasteiger partial charge in [0, 0.05) is 19.3 Å². The highest BCUT2D eigenvalue weighted by atomic mass is 32.2. The third-order valence-corrected chi connectivity index (χ3v) is 4.72. The van der Waals surface area contributed by atoms with Crippen LogP contribution in [0.3, 0.4) is 0 Å². The highest BCUT2D eigenvalue weighted by molar-refractivity contribution is 7.89. The molecule has 0 unspecified atom stereocenters. The van der Waals surface area contributed by atoms with E-state index in [1.54, 1.807) is 0 Å². The van der Waals surface area contributed by atoms with Crippen molar-refractivity contribution in [1.29, 1.82) is 0 Å². The van der Waals surface area contributed by atoms with Crippen molar-refractivity contribution in [2.45, 2.75) is 24.7 Å². The first-order valence-electron chi connectivity index (χ1n) is 5.09. The van der Waals surface area contributed by atoms with Gasteiger partial charge in [-0.15, -0.1) is 0 Å². The molecule has 0 aromatic carbocycles. The number of nitrogens with one attached hydrogen (secondary N) is 1. The topological polar surface area (TPSA) is 66.1 Å². The predicted molar refractivity (Wildman–Crippen MR) is 55.7 cm³/mol. The van der Waals surface area contributed by atoms with Crippen molar-refractivity contribution in [3.63, 3.8) is 0 Å². The van der Waals surface area contributed by atoms with E-state index in [1.807, 2.05) is 0 Å². The summed E-state index contributed by atoms with van der Waals surface area (Å²) in [4.78, 5) is 0.261. The Hall–Kier alpha value is -0.880. The summed E-state index contributed by atoms with van der Waals surface area (Å²) in [6, 6.07) is 0. The second-order valence-electron chi connectivity index (χ2n) is 4.02. The van der Waals surface area contributed by atoms with Crippen molar-refractivity contribution in [2.24, 2.45) is 5.92 Å². The van der Waals surface area contributed by atoms with Gasteiger partial charge in [-0.2, -0.15) is 9.40 Å². The van der Waals surface area contributed by atoms with Crippen LogP contribution in [0.25, 0.3) is 0 Å². The molecule has 84 valence electrons. The van der Waals surface area contributed by atoms with Gasteiger partial charge in [-0.25, -0.2) is 8.42 Å². The maximum atomic E-state index is 12.0. The summed E-state index contributed by atoms with van der Waals surface area (Å²) in [6.45, 7) is 3.39. The third-order valence-electron chi connectivity index (χ3n) is 2.85. The van der Waals surface area contributed by atoms with E-state index in [4.69, 9.17) is 0 Å². The summed E-state index contributed by atoms with van der Waals surface area (Å²) in [7, 11) is -3.30. The summed E-state index contributed by atoms with van der Waals surface area (Å²) in [5.41, 5.74) is 0. The second kappa shape index (κ2) is 3.94. The fourth-order valence-corrected chi connectivity index (χ4v) is 3.13. The van der Waals surface area contributed by atoms with E-state index in [-0.39, 0.29) is 4.90 Å². The Kier molecular flexibility index (Phi) is 2.79. The van der Waals surface area contributed by atoms with Crippen LogP contribution in [0, 0.1) is 5.92 Å². The maximum Gasteiger partial charge on any atom is 0.246 e. The lowest BCUT2D eigenvalue weighted by Crippen LogP contribution is -2.37. The van der Waals surface area contributed by atoms with Crippen molar-refractivity contribution in [3.05, 3.63) is 12.4 Å². The van der Waals surface area contributed by atoms with E-state index in [1.165, 1.54) is 16.7 Å². The Labute approximate surface area is 89.5 Å². The number of rotatable bonds is 2. The lowest BCUT2D eigenvalue weighted by Gasteiger charge is -2.28. The van der Waals surface area contributed by atoms with Gasteiger partial charge < -0.3 is 0 Å². The van der Waals surface area contributed by atoms with Crippen LogP contribution in [-0.2, 0) is 10.0 Å². The van der Waals surface area contributed by atoms with Gasteiger partial charge in [0.15, 0.2) is 0 Å². The van der Waals surface area contributed by atoms with Crippen molar-refractivity contribution >= 4 is 10.0 Å². The number of aromatic amines is 1. The molecule has 2 rings (SSSR count). The smallest absolute Gasteiger partial charge is 0.246 e. The van der Waals surface area contributed by atoms with Crippen molar-refractivity contribution in [2.75, 3.05) is 13.1 Å². The lowest BCUT2D eigenvalue weighted by atomic mass is 10.0. The van der Waals surface area contributed by atoms with Crippen LogP contribution in [0.15, 0.2) is 17.3 Å². The highest BCUT2D eigenvalue weighted by Gasteiger charge is 2.28. The Morgan fingerprint density at radius 2 is 2.13 bits per heavy atom. The van der Waals surface area contributed by atoms with E-state index < -0.39 is 10.0 Å². The molecule has 6 heteroatoms. The third kappa shape index (κ3) is 2.05. The first kappa shape index (κ1) is 10.6. The molecular formula is C9H15N3O2S. The molecule has 2 heterocycles. The van der Waals surface area contributed by atoms with Crippen LogP contribution in [0.1, 0.15) is 19.8 Å². The van der Waals surface area contributed by atoms with Crippen LogP contribution >= 0.6 is 0 Å². The summed E-state index contributed by atoms with van der Waals surface area (Å²) >= 11 is 0. The summed E-state index contributed by atoms with van der Waals surface area (Å²) < 4.78 is 25.6. The zero-order chi connectivity index (χ0) is 10.9. The van der Waals surface area contributed by atoms with Gasteiger partial charge in [-0.05, 0) is 18.8 Å². The average Bonchev–Trinajstić information content (AvgIpc) is 2.71. The predicted octanol–water partition coefficient (Wildman–Crippen LogP) is 0.830. The standard InChI is InChI=1S/C9H15N3O2S/c1-8-2-4-12(5-3-8)15(13,14)9-6-10-11-7-9/h6-8H,2-5H2,1H3,(H,10,11). The first-order valence-corrected chi connectivity index (χ1v) is 6.53. The van der Waals surface area contributed by atoms with Crippen molar-refractivity contribution in [3.8, 4) is 0 Å². The Bertz CT molecular complexity index is 405. The van der Waals surface area contributed by atoms with Gasteiger partial charge >= 0.3 is 0 Å². The van der Waals surface area contributed by atoms with Gasteiger partial charge in [0.05, 0.1) is 6.20 Å². The Morgan fingerprint density at radius 1 is 1.47 bits per heavy atom. The minimum absolute atomic E-state index is 0.261. The number of hydrogen-bond donors (Lipinski definition) is 1. The minimum atomic E-state index is -3.30. The first-order chi connectivity index (χ1) is 7.10. The number of aromatic nitrogens is 2. The number of piperidine rings is 1. The van der Waals surface area contributed by atoms with Gasteiger partial charge in [0.25, 0.3) is 0 Å². The molecule has 1 N–H and O–H groups in total. The zero-order valence-corrected chi connectivity index (χ0v) is 9.50. The fraction of sp³-hybridized carbons (Fsp3) is 0.667. The molecule has 1 aromatic rings.